The van der Waals surface area contributed by atoms with Crippen molar-refractivity contribution >= 4 is 29.3 Å². The third kappa shape index (κ3) is 2.73. The van der Waals surface area contributed by atoms with Gasteiger partial charge in [-0.2, -0.15) is 0 Å². The summed E-state index contributed by atoms with van der Waals surface area (Å²) in [5.41, 5.74) is 0.421. The number of nitrogens with zero attached hydrogens (tertiary/aromatic N) is 1. The van der Waals surface area contributed by atoms with Crippen molar-refractivity contribution in [2.24, 2.45) is 0 Å². The molecule has 1 aromatic rings. The summed E-state index contributed by atoms with van der Waals surface area (Å²) in [7, 11) is 0. The highest BCUT2D eigenvalue weighted by molar-refractivity contribution is 6.33. The lowest BCUT2D eigenvalue weighted by atomic mass is 10.2. The van der Waals surface area contributed by atoms with Crippen molar-refractivity contribution in [3.8, 4) is 0 Å². The van der Waals surface area contributed by atoms with Crippen molar-refractivity contribution in [2.45, 2.75) is 12.8 Å². The fourth-order valence-electron chi connectivity index (χ4n) is 1.87. The van der Waals surface area contributed by atoms with Crippen molar-refractivity contribution in [3.05, 3.63) is 28.8 Å². The molecule has 2 N–H and O–H groups in total. The fourth-order valence-corrected chi connectivity index (χ4v) is 2.03. The first-order valence-corrected chi connectivity index (χ1v) is 6.04. The van der Waals surface area contributed by atoms with E-state index in [1.165, 1.54) is 18.2 Å². The van der Waals surface area contributed by atoms with Gasteiger partial charge in [0.15, 0.2) is 0 Å². The Balaban J connectivity index is 2.14. The van der Waals surface area contributed by atoms with E-state index in [2.05, 4.69) is 5.32 Å². The SMILES string of the molecule is O=C(O)c1ccc(Cl)c(NC(=O)N2CCCC2)c1. The summed E-state index contributed by atoms with van der Waals surface area (Å²) < 4.78 is 0. The average Bonchev–Trinajstić information content (AvgIpc) is 2.85. The molecule has 2 amide bonds. The lowest BCUT2D eigenvalue weighted by Gasteiger charge is -2.17. The molecule has 1 aliphatic heterocycles. The smallest absolute Gasteiger partial charge is 0.335 e. The number of hydrogen-bond donors (Lipinski definition) is 2. The molecule has 0 radical (unpaired) electrons. The zero-order valence-electron chi connectivity index (χ0n) is 9.65. The number of carboxylic acids is 1. The van der Waals surface area contributed by atoms with E-state index in [-0.39, 0.29) is 11.6 Å². The molecule has 1 fully saturated rings. The zero-order valence-corrected chi connectivity index (χ0v) is 10.4. The van der Waals surface area contributed by atoms with E-state index in [1.807, 2.05) is 0 Å². The number of likely N-dealkylation sites (tertiary alicyclic amines) is 1. The quantitative estimate of drug-likeness (QED) is 0.866. The van der Waals surface area contributed by atoms with Gasteiger partial charge >= 0.3 is 12.0 Å². The van der Waals surface area contributed by atoms with E-state index in [9.17, 15) is 9.59 Å². The summed E-state index contributed by atoms with van der Waals surface area (Å²) in [6.45, 7) is 1.45. The van der Waals surface area contributed by atoms with Gasteiger partial charge in [-0.15, -0.1) is 0 Å². The highest BCUT2D eigenvalue weighted by Crippen LogP contribution is 2.24. The maximum atomic E-state index is 11.9. The summed E-state index contributed by atoms with van der Waals surface area (Å²) in [5, 5.41) is 11.8. The summed E-state index contributed by atoms with van der Waals surface area (Å²) >= 11 is 5.93. The van der Waals surface area contributed by atoms with Crippen LogP contribution in [-0.4, -0.2) is 35.1 Å². The minimum absolute atomic E-state index is 0.0936. The van der Waals surface area contributed by atoms with Crippen LogP contribution >= 0.6 is 11.6 Å². The Morgan fingerprint density at radius 1 is 1.28 bits per heavy atom. The number of benzene rings is 1. The number of carboxylic acid groups (broad SMARTS) is 1. The first kappa shape index (κ1) is 12.7. The van der Waals surface area contributed by atoms with Crippen LogP contribution in [0.1, 0.15) is 23.2 Å². The highest BCUT2D eigenvalue weighted by Gasteiger charge is 2.19. The Morgan fingerprint density at radius 3 is 2.56 bits per heavy atom. The number of nitrogens with one attached hydrogen (secondary N) is 1. The van der Waals surface area contributed by atoms with Crippen LogP contribution in [-0.2, 0) is 0 Å². The molecule has 5 nitrogen and oxygen atoms in total. The standard InChI is InChI=1S/C12H13ClN2O3/c13-9-4-3-8(11(16)17)7-10(9)14-12(18)15-5-1-2-6-15/h3-4,7H,1-2,5-6H2,(H,14,18)(H,16,17). The topological polar surface area (TPSA) is 69.6 Å². The molecule has 0 bridgehead atoms. The van der Waals surface area contributed by atoms with Gasteiger partial charge in [-0.1, -0.05) is 11.6 Å². The molecule has 0 aromatic heterocycles. The lowest BCUT2D eigenvalue weighted by Crippen LogP contribution is -2.32. The predicted molar refractivity (Wildman–Crippen MR) is 68.2 cm³/mol. The Bertz CT molecular complexity index is 484. The van der Waals surface area contributed by atoms with Crippen molar-refractivity contribution in [2.75, 3.05) is 18.4 Å². The van der Waals surface area contributed by atoms with E-state index in [0.717, 1.165) is 25.9 Å². The lowest BCUT2D eigenvalue weighted by molar-refractivity contribution is 0.0697. The summed E-state index contributed by atoms with van der Waals surface area (Å²) in [6, 6.07) is 3.98. The van der Waals surface area contributed by atoms with Gasteiger partial charge in [0.1, 0.15) is 0 Å². The molecular weight excluding hydrogens is 256 g/mol. The van der Waals surface area contributed by atoms with Crippen LogP contribution in [0.15, 0.2) is 18.2 Å². The Labute approximate surface area is 109 Å². The molecule has 0 spiro atoms. The first-order chi connectivity index (χ1) is 8.58. The third-order valence-corrected chi connectivity index (χ3v) is 3.18. The largest absolute Gasteiger partial charge is 0.478 e. The van der Waals surface area contributed by atoms with Crippen LogP contribution in [0.25, 0.3) is 0 Å². The van der Waals surface area contributed by atoms with Crippen LogP contribution in [0.3, 0.4) is 0 Å². The molecule has 1 aromatic carbocycles. The van der Waals surface area contributed by atoms with Gasteiger partial charge in [0, 0.05) is 13.1 Å². The first-order valence-electron chi connectivity index (χ1n) is 5.66. The number of carbonyl (C=O) groups excluding carboxylic acids is 1. The van der Waals surface area contributed by atoms with Gasteiger partial charge in [-0.3, -0.25) is 0 Å². The Morgan fingerprint density at radius 2 is 1.94 bits per heavy atom. The second-order valence-electron chi connectivity index (χ2n) is 4.12. The van der Waals surface area contributed by atoms with Gasteiger partial charge in [-0.25, -0.2) is 9.59 Å². The van der Waals surface area contributed by atoms with Crippen molar-refractivity contribution in [3.63, 3.8) is 0 Å². The fraction of sp³-hybridized carbons (Fsp3) is 0.333. The number of urea groups is 1. The molecule has 2 rings (SSSR count). The Hall–Kier alpha value is -1.75. The van der Waals surface area contributed by atoms with Crippen LogP contribution in [0, 0.1) is 0 Å². The normalized spacial score (nSPS) is 14.6. The van der Waals surface area contributed by atoms with Crippen LogP contribution in [0.4, 0.5) is 10.5 Å². The van der Waals surface area contributed by atoms with Gasteiger partial charge < -0.3 is 15.3 Å². The monoisotopic (exact) mass is 268 g/mol. The second kappa shape index (κ2) is 5.27. The molecule has 0 unspecified atom stereocenters. The predicted octanol–water partition coefficient (Wildman–Crippen LogP) is 2.67. The highest BCUT2D eigenvalue weighted by atomic mass is 35.5. The number of anilines is 1. The maximum absolute atomic E-state index is 11.9. The molecule has 6 heteroatoms. The average molecular weight is 269 g/mol. The Kier molecular flexibility index (Phi) is 3.72. The van der Waals surface area contributed by atoms with E-state index in [4.69, 9.17) is 16.7 Å². The summed E-state index contributed by atoms with van der Waals surface area (Å²) in [5.74, 6) is -1.05. The van der Waals surface area contributed by atoms with E-state index < -0.39 is 5.97 Å². The number of carbonyl (C=O) groups is 2. The van der Waals surface area contributed by atoms with Crippen molar-refractivity contribution in [1.82, 2.24) is 4.90 Å². The third-order valence-electron chi connectivity index (χ3n) is 2.85. The molecule has 96 valence electrons. The van der Waals surface area contributed by atoms with Gasteiger partial charge in [0.25, 0.3) is 0 Å². The number of rotatable bonds is 2. The van der Waals surface area contributed by atoms with Crippen LogP contribution < -0.4 is 5.32 Å². The van der Waals surface area contributed by atoms with E-state index in [1.54, 1.807) is 4.90 Å². The molecular formula is C12H13ClN2O3. The molecule has 1 heterocycles. The van der Waals surface area contributed by atoms with Gasteiger partial charge in [0.2, 0.25) is 0 Å². The van der Waals surface area contributed by atoms with Gasteiger partial charge in [-0.05, 0) is 31.0 Å². The maximum Gasteiger partial charge on any atom is 0.335 e. The minimum Gasteiger partial charge on any atom is -0.478 e. The summed E-state index contributed by atoms with van der Waals surface area (Å²) in [6.07, 6.45) is 1.99. The molecule has 0 atom stereocenters. The molecule has 1 aliphatic rings. The van der Waals surface area contributed by atoms with Gasteiger partial charge in [0.05, 0.1) is 16.3 Å². The molecule has 0 aliphatic carbocycles. The van der Waals surface area contributed by atoms with E-state index in [0.29, 0.717) is 10.7 Å². The van der Waals surface area contributed by atoms with Crippen LogP contribution in [0.5, 0.6) is 0 Å². The molecule has 0 saturated carbocycles. The van der Waals surface area contributed by atoms with Crippen molar-refractivity contribution in [1.29, 1.82) is 0 Å². The molecule has 18 heavy (non-hydrogen) atoms. The number of hydrogen-bond acceptors (Lipinski definition) is 2. The number of amides is 2. The summed E-state index contributed by atoms with van der Waals surface area (Å²) in [4.78, 5) is 24.4. The van der Waals surface area contributed by atoms with E-state index >= 15 is 0 Å². The zero-order chi connectivity index (χ0) is 13.1. The minimum atomic E-state index is -1.05. The van der Waals surface area contributed by atoms with Crippen molar-refractivity contribution < 1.29 is 14.7 Å². The van der Waals surface area contributed by atoms with Crippen LogP contribution in [0.2, 0.25) is 5.02 Å². The number of aromatic carboxylic acids is 1. The molecule has 1 saturated heterocycles. The number of halogens is 1. The second-order valence-corrected chi connectivity index (χ2v) is 4.53.